The van der Waals surface area contributed by atoms with Crippen LogP contribution in [0, 0.1) is 0 Å². The average Bonchev–Trinajstić information content (AvgIpc) is 2.75. The standard InChI is InChI=1S/C14H21NO/c1-5-6-7-13(12(4)11(2)3)10-14-8-9-15-16-14/h8-9H,2,5-7,10H2,1,3-4H3/b13-12+. The normalized spacial score (nSPS) is 12.4. The van der Waals surface area contributed by atoms with E-state index in [1.165, 1.54) is 24.0 Å². The Hall–Kier alpha value is -1.31. The second-order valence-electron chi connectivity index (χ2n) is 4.27. The van der Waals surface area contributed by atoms with Gasteiger partial charge in [-0.1, -0.05) is 36.2 Å². The first-order chi connectivity index (χ1) is 7.65. The van der Waals surface area contributed by atoms with Gasteiger partial charge in [0.25, 0.3) is 0 Å². The second-order valence-corrected chi connectivity index (χ2v) is 4.27. The molecule has 0 radical (unpaired) electrons. The summed E-state index contributed by atoms with van der Waals surface area (Å²) in [4.78, 5) is 0. The van der Waals surface area contributed by atoms with Crippen LogP contribution in [0.5, 0.6) is 0 Å². The smallest absolute Gasteiger partial charge is 0.140 e. The molecule has 0 saturated heterocycles. The van der Waals surface area contributed by atoms with E-state index in [0.717, 1.165) is 24.2 Å². The van der Waals surface area contributed by atoms with Crippen LogP contribution in [-0.4, -0.2) is 5.16 Å². The van der Waals surface area contributed by atoms with Gasteiger partial charge in [0.15, 0.2) is 0 Å². The molecule has 0 amide bonds. The third-order valence-corrected chi connectivity index (χ3v) is 2.88. The molecule has 0 aliphatic rings. The van der Waals surface area contributed by atoms with Crippen molar-refractivity contribution in [1.82, 2.24) is 5.16 Å². The molecule has 2 nitrogen and oxygen atoms in total. The third-order valence-electron chi connectivity index (χ3n) is 2.88. The number of allylic oxidation sites excluding steroid dienone is 3. The fraction of sp³-hybridized carbons (Fsp3) is 0.500. The van der Waals surface area contributed by atoms with Gasteiger partial charge in [0.05, 0.1) is 6.20 Å². The molecule has 0 spiro atoms. The third kappa shape index (κ3) is 3.69. The number of aromatic nitrogens is 1. The molecule has 0 bridgehead atoms. The fourth-order valence-electron chi connectivity index (χ4n) is 1.64. The van der Waals surface area contributed by atoms with Crippen molar-refractivity contribution in [3.8, 4) is 0 Å². The van der Waals surface area contributed by atoms with Crippen LogP contribution < -0.4 is 0 Å². The van der Waals surface area contributed by atoms with Gasteiger partial charge in [-0.3, -0.25) is 0 Å². The molecule has 0 N–H and O–H groups in total. The Morgan fingerprint density at radius 1 is 1.44 bits per heavy atom. The van der Waals surface area contributed by atoms with E-state index < -0.39 is 0 Å². The van der Waals surface area contributed by atoms with Gasteiger partial charge in [0, 0.05) is 12.5 Å². The molecule has 0 fully saturated rings. The summed E-state index contributed by atoms with van der Waals surface area (Å²) < 4.78 is 5.16. The molecule has 0 aromatic carbocycles. The van der Waals surface area contributed by atoms with Gasteiger partial charge in [-0.2, -0.15) is 0 Å². The summed E-state index contributed by atoms with van der Waals surface area (Å²) in [5, 5.41) is 3.74. The van der Waals surface area contributed by atoms with Gasteiger partial charge in [-0.05, 0) is 32.3 Å². The van der Waals surface area contributed by atoms with E-state index in [4.69, 9.17) is 4.52 Å². The van der Waals surface area contributed by atoms with Gasteiger partial charge in [0.2, 0.25) is 0 Å². The number of unbranched alkanes of at least 4 members (excludes halogenated alkanes) is 1. The van der Waals surface area contributed by atoms with Crippen LogP contribution in [0.2, 0.25) is 0 Å². The maximum Gasteiger partial charge on any atom is 0.140 e. The van der Waals surface area contributed by atoms with Crippen LogP contribution >= 0.6 is 0 Å². The van der Waals surface area contributed by atoms with E-state index in [1.807, 2.05) is 6.07 Å². The topological polar surface area (TPSA) is 26.0 Å². The first-order valence-electron chi connectivity index (χ1n) is 5.89. The molecular formula is C14H21NO. The van der Waals surface area contributed by atoms with Gasteiger partial charge < -0.3 is 4.52 Å². The van der Waals surface area contributed by atoms with Gasteiger partial charge >= 0.3 is 0 Å². The molecule has 0 atom stereocenters. The predicted molar refractivity (Wildman–Crippen MR) is 67.2 cm³/mol. The summed E-state index contributed by atoms with van der Waals surface area (Å²) in [6, 6.07) is 1.93. The molecule has 0 aliphatic carbocycles. The van der Waals surface area contributed by atoms with Crippen molar-refractivity contribution in [2.24, 2.45) is 0 Å². The van der Waals surface area contributed by atoms with Crippen LogP contribution in [0.1, 0.15) is 45.8 Å². The van der Waals surface area contributed by atoms with Crippen LogP contribution in [0.4, 0.5) is 0 Å². The lowest BCUT2D eigenvalue weighted by atomic mass is 9.96. The quantitative estimate of drug-likeness (QED) is 0.667. The van der Waals surface area contributed by atoms with E-state index in [-0.39, 0.29) is 0 Å². The zero-order valence-corrected chi connectivity index (χ0v) is 10.5. The summed E-state index contributed by atoms with van der Waals surface area (Å²) in [6.07, 6.45) is 6.11. The lowest BCUT2D eigenvalue weighted by molar-refractivity contribution is 0.387. The summed E-state index contributed by atoms with van der Waals surface area (Å²) in [5.74, 6) is 0.937. The molecular weight excluding hydrogens is 198 g/mol. The maximum absolute atomic E-state index is 5.16. The molecule has 0 saturated carbocycles. The molecule has 0 unspecified atom stereocenters. The summed E-state index contributed by atoms with van der Waals surface area (Å²) in [5.41, 5.74) is 3.88. The second kappa shape index (κ2) is 6.31. The Balaban J connectivity index is 2.79. The van der Waals surface area contributed by atoms with E-state index in [1.54, 1.807) is 6.20 Å². The summed E-state index contributed by atoms with van der Waals surface area (Å²) in [7, 11) is 0. The molecule has 1 rings (SSSR count). The first-order valence-corrected chi connectivity index (χ1v) is 5.89. The van der Waals surface area contributed by atoms with E-state index in [9.17, 15) is 0 Å². The minimum absolute atomic E-state index is 0.860. The van der Waals surface area contributed by atoms with Crippen LogP contribution in [0.15, 0.2) is 40.1 Å². The Bertz CT molecular complexity index is 360. The van der Waals surface area contributed by atoms with Crippen molar-refractivity contribution in [2.75, 3.05) is 0 Å². The molecule has 0 aliphatic heterocycles. The van der Waals surface area contributed by atoms with Crippen molar-refractivity contribution in [2.45, 2.75) is 46.5 Å². The van der Waals surface area contributed by atoms with Crippen molar-refractivity contribution in [1.29, 1.82) is 0 Å². The van der Waals surface area contributed by atoms with Crippen LogP contribution in [0.3, 0.4) is 0 Å². The zero-order valence-electron chi connectivity index (χ0n) is 10.5. The van der Waals surface area contributed by atoms with E-state index >= 15 is 0 Å². The van der Waals surface area contributed by atoms with Gasteiger partial charge in [-0.25, -0.2) is 0 Å². The lowest BCUT2D eigenvalue weighted by Gasteiger charge is -2.10. The Morgan fingerprint density at radius 3 is 2.69 bits per heavy atom. The minimum atomic E-state index is 0.860. The minimum Gasteiger partial charge on any atom is -0.361 e. The van der Waals surface area contributed by atoms with Crippen LogP contribution in [0.25, 0.3) is 0 Å². The Morgan fingerprint density at radius 2 is 2.19 bits per heavy atom. The molecule has 88 valence electrons. The zero-order chi connectivity index (χ0) is 12.0. The summed E-state index contributed by atoms with van der Waals surface area (Å²) in [6.45, 7) is 10.4. The molecule has 2 heteroatoms. The highest BCUT2D eigenvalue weighted by Gasteiger charge is 2.07. The van der Waals surface area contributed by atoms with Gasteiger partial charge in [0.1, 0.15) is 5.76 Å². The lowest BCUT2D eigenvalue weighted by Crippen LogP contribution is -1.95. The first kappa shape index (κ1) is 12.8. The number of rotatable bonds is 6. The van der Waals surface area contributed by atoms with Gasteiger partial charge in [-0.15, -0.1) is 0 Å². The number of hydrogen-bond donors (Lipinski definition) is 0. The maximum atomic E-state index is 5.16. The number of nitrogens with zero attached hydrogens (tertiary/aromatic N) is 1. The Labute approximate surface area is 98.0 Å². The van der Waals surface area contributed by atoms with E-state index in [0.29, 0.717) is 0 Å². The van der Waals surface area contributed by atoms with E-state index in [2.05, 4.69) is 32.5 Å². The van der Waals surface area contributed by atoms with Crippen molar-refractivity contribution >= 4 is 0 Å². The molecule has 1 heterocycles. The highest BCUT2D eigenvalue weighted by Crippen LogP contribution is 2.21. The SMILES string of the molecule is C=C(C)/C(C)=C(\CCCC)Cc1ccno1. The fourth-order valence-corrected chi connectivity index (χ4v) is 1.64. The Kier molecular flexibility index (Phi) is 5.03. The van der Waals surface area contributed by atoms with Crippen LogP contribution in [-0.2, 0) is 6.42 Å². The highest BCUT2D eigenvalue weighted by molar-refractivity contribution is 5.31. The monoisotopic (exact) mass is 219 g/mol. The molecule has 1 aromatic rings. The molecule has 1 aromatic heterocycles. The average molecular weight is 219 g/mol. The van der Waals surface area contributed by atoms with Crippen molar-refractivity contribution in [3.05, 3.63) is 41.3 Å². The molecule has 16 heavy (non-hydrogen) atoms. The number of hydrogen-bond acceptors (Lipinski definition) is 2. The summed E-state index contributed by atoms with van der Waals surface area (Å²) >= 11 is 0. The van der Waals surface area contributed by atoms with Crippen molar-refractivity contribution in [3.63, 3.8) is 0 Å². The highest BCUT2D eigenvalue weighted by atomic mass is 16.5. The largest absolute Gasteiger partial charge is 0.361 e. The van der Waals surface area contributed by atoms with Crippen molar-refractivity contribution < 1.29 is 4.52 Å². The predicted octanol–water partition coefficient (Wildman–Crippen LogP) is 4.30.